The maximum Gasteiger partial charge on any atom is 0.244 e. The lowest BCUT2D eigenvalue weighted by Gasteiger charge is -2.29. The molecule has 2 aliphatic rings. The van der Waals surface area contributed by atoms with Crippen molar-refractivity contribution >= 4 is 11.9 Å². The standard InChI is InChI=1S/C22H31N7O2/c1-3-23-22(25-18-8-9-20-26-19(15-31-2)27-29(20)14-18)24-12-21(30)28-11-10-16-6-4-5-7-17(16)13-28/h4-7,18H,3,8-15H2,1-2H3,(H2,23,24,25). The lowest BCUT2D eigenvalue weighted by molar-refractivity contribution is -0.130. The van der Waals surface area contributed by atoms with Crippen molar-refractivity contribution in [1.29, 1.82) is 0 Å². The number of fused-ring (bicyclic) bond motifs is 2. The number of aliphatic imine (C=N–C) groups is 1. The summed E-state index contributed by atoms with van der Waals surface area (Å²) in [5.74, 6) is 2.43. The van der Waals surface area contributed by atoms with Crippen molar-refractivity contribution in [2.24, 2.45) is 4.99 Å². The number of carbonyl (C=O) groups excluding carboxylic acids is 1. The summed E-state index contributed by atoms with van der Waals surface area (Å²) >= 11 is 0. The molecule has 4 rings (SSSR count). The van der Waals surface area contributed by atoms with Crippen LogP contribution in [0.15, 0.2) is 29.3 Å². The normalized spacial score (nSPS) is 18.3. The molecule has 0 radical (unpaired) electrons. The topological polar surface area (TPSA) is 96.7 Å². The van der Waals surface area contributed by atoms with Crippen LogP contribution in [0.2, 0.25) is 0 Å². The molecule has 0 saturated carbocycles. The molecular weight excluding hydrogens is 394 g/mol. The Kier molecular flexibility index (Phi) is 6.81. The van der Waals surface area contributed by atoms with Crippen molar-refractivity contribution in [2.45, 2.75) is 51.9 Å². The Balaban J connectivity index is 1.34. The Bertz CT molecular complexity index is 940. The number of nitrogens with one attached hydrogen (secondary N) is 2. The van der Waals surface area contributed by atoms with Crippen LogP contribution in [0.25, 0.3) is 0 Å². The largest absolute Gasteiger partial charge is 0.377 e. The minimum Gasteiger partial charge on any atom is -0.377 e. The SMILES string of the molecule is CCNC(=NCC(=O)N1CCc2ccccc2C1)NC1CCc2nc(COC)nn2C1. The second kappa shape index (κ2) is 9.91. The number of aryl methyl sites for hydroxylation is 1. The van der Waals surface area contributed by atoms with Crippen molar-refractivity contribution < 1.29 is 9.53 Å². The molecule has 31 heavy (non-hydrogen) atoms. The predicted molar refractivity (Wildman–Crippen MR) is 118 cm³/mol. The fourth-order valence-corrected chi connectivity index (χ4v) is 4.14. The Labute approximate surface area is 182 Å². The van der Waals surface area contributed by atoms with Crippen molar-refractivity contribution in [1.82, 2.24) is 30.3 Å². The van der Waals surface area contributed by atoms with Crippen LogP contribution in [-0.2, 0) is 42.1 Å². The molecule has 1 amide bonds. The number of methoxy groups -OCH3 is 1. The minimum atomic E-state index is 0.0538. The highest BCUT2D eigenvalue weighted by Crippen LogP contribution is 2.18. The van der Waals surface area contributed by atoms with Gasteiger partial charge in [0.2, 0.25) is 5.91 Å². The summed E-state index contributed by atoms with van der Waals surface area (Å²) in [5.41, 5.74) is 2.57. The van der Waals surface area contributed by atoms with Gasteiger partial charge in [-0.1, -0.05) is 24.3 Å². The zero-order valence-corrected chi connectivity index (χ0v) is 18.3. The zero-order valence-electron chi connectivity index (χ0n) is 18.3. The van der Waals surface area contributed by atoms with Gasteiger partial charge in [0.15, 0.2) is 11.8 Å². The van der Waals surface area contributed by atoms with E-state index in [0.717, 1.165) is 38.2 Å². The van der Waals surface area contributed by atoms with E-state index in [9.17, 15) is 4.79 Å². The maximum atomic E-state index is 12.8. The molecule has 1 atom stereocenters. The fraction of sp³-hybridized carbons (Fsp3) is 0.545. The summed E-state index contributed by atoms with van der Waals surface area (Å²) in [6.45, 7) is 5.44. The maximum absolute atomic E-state index is 12.8. The van der Waals surface area contributed by atoms with Crippen LogP contribution in [0.3, 0.4) is 0 Å². The van der Waals surface area contributed by atoms with E-state index < -0.39 is 0 Å². The molecule has 2 aromatic rings. The highest BCUT2D eigenvalue weighted by molar-refractivity contribution is 5.85. The third-order valence-electron chi connectivity index (χ3n) is 5.72. The quantitative estimate of drug-likeness (QED) is 0.527. The molecule has 9 heteroatoms. The number of nitrogens with zero attached hydrogens (tertiary/aromatic N) is 5. The average Bonchev–Trinajstić information content (AvgIpc) is 3.19. The Morgan fingerprint density at radius 2 is 2.13 bits per heavy atom. The summed E-state index contributed by atoms with van der Waals surface area (Å²) < 4.78 is 7.07. The summed E-state index contributed by atoms with van der Waals surface area (Å²) in [6.07, 6.45) is 2.68. The first-order valence-electron chi connectivity index (χ1n) is 11.0. The van der Waals surface area contributed by atoms with Crippen LogP contribution < -0.4 is 10.6 Å². The van der Waals surface area contributed by atoms with Gasteiger partial charge in [0, 0.05) is 39.2 Å². The van der Waals surface area contributed by atoms with Crippen molar-refractivity contribution in [3.05, 3.63) is 47.0 Å². The molecule has 166 valence electrons. The van der Waals surface area contributed by atoms with Crippen LogP contribution in [-0.4, -0.2) is 64.3 Å². The Morgan fingerprint density at radius 1 is 1.29 bits per heavy atom. The lowest BCUT2D eigenvalue weighted by Crippen LogP contribution is -2.47. The molecule has 0 bridgehead atoms. The summed E-state index contributed by atoms with van der Waals surface area (Å²) in [5, 5.41) is 11.2. The van der Waals surface area contributed by atoms with Crippen molar-refractivity contribution in [3.63, 3.8) is 0 Å². The van der Waals surface area contributed by atoms with Gasteiger partial charge in [-0.05, 0) is 30.9 Å². The van der Waals surface area contributed by atoms with E-state index in [1.807, 2.05) is 22.6 Å². The minimum absolute atomic E-state index is 0.0538. The van der Waals surface area contributed by atoms with E-state index in [4.69, 9.17) is 4.74 Å². The number of hydrogen-bond donors (Lipinski definition) is 2. The number of benzene rings is 1. The number of carbonyl (C=O) groups is 1. The van der Waals surface area contributed by atoms with Gasteiger partial charge in [-0.25, -0.2) is 14.7 Å². The summed E-state index contributed by atoms with van der Waals surface area (Å²) in [7, 11) is 1.65. The number of ether oxygens (including phenoxy) is 1. The third kappa shape index (κ3) is 5.22. The van der Waals surface area contributed by atoms with Gasteiger partial charge in [-0.15, -0.1) is 0 Å². The molecule has 3 heterocycles. The first-order chi connectivity index (χ1) is 15.2. The fourth-order valence-electron chi connectivity index (χ4n) is 4.14. The van der Waals surface area contributed by atoms with E-state index in [1.54, 1.807) is 7.11 Å². The highest BCUT2D eigenvalue weighted by Gasteiger charge is 2.23. The van der Waals surface area contributed by atoms with E-state index in [1.165, 1.54) is 11.1 Å². The smallest absolute Gasteiger partial charge is 0.244 e. The summed E-state index contributed by atoms with van der Waals surface area (Å²) in [6, 6.07) is 8.51. The van der Waals surface area contributed by atoms with Crippen LogP contribution in [0.4, 0.5) is 0 Å². The number of amides is 1. The van der Waals surface area contributed by atoms with E-state index in [0.29, 0.717) is 31.5 Å². The Morgan fingerprint density at radius 3 is 2.94 bits per heavy atom. The van der Waals surface area contributed by atoms with Gasteiger partial charge in [0.25, 0.3) is 0 Å². The number of rotatable bonds is 6. The molecule has 1 unspecified atom stereocenters. The van der Waals surface area contributed by atoms with Gasteiger partial charge >= 0.3 is 0 Å². The Hall–Kier alpha value is -2.94. The van der Waals surface area contributed by atoms with E-state index in [2.05, 4.69) is 43.9 Å². The monoisotopic (exact) mass is 425 g/mol. The van der Waals surface area contributed by atoms with Gasteiger partial charge in [0.05, 0.1) is 6.54 Å². The summed E-state index contributed by atoms with van der Waals surface area (Å²) in [4.78, 5) is 23.8. The molecule has 0 fully saturated rings. The molecule has 1 aromatic heterocycles. The van der Waals surface area contributed by atoms with Crippen molar-refractivity contribution in [3.8, 4) is 0 Å². The molecule has 9 nitrogen and oxygen atoms in total. The molecular formula is C22H31N7O2. The molecule has 2 N–H and O–H groups in total. The first kappa shape index (κ1) is 21.3. The van der Waals surface area contributed by atoms with Crippen LogP contribution in [0.1, 0.15) is 36.1 Å². The van der Waals surface area contributed by atoms with Crippen molar-refractivity contribution in [2.75, 3.05) is 26.7 Å². The van der Waals surface area contributed by atoms with Gasteiger partial charge in [-0.2, -0.15) is 5.10 Å². The van der Waals surface area contributed by atoms with Gasteiger partial charge in [-0.3, -0.25) is 4.79 Å². The van der Waals surface area contributed by atoms with Gasteiger partial charge < -0.3 is 20.3 Å². The number of aromatic nitrogens is 3. The highest BCUT2D eigenvalue weighted by atomic mass is 16.5. The second-order valence-corrected chi connectivity index (χ2v) is 7.97. The second-order valence-electron chi connectivity index (χ2n) is 7.97. The van der Waals surface area contributed by atoms with E-state index >= 15 is 0 Å². The molecule has 0 aliphatic carbocycles. The van der Waals surface area contributed by atoms with Crippen LogP contribution >= 0.6 is 0 Å². The molecule has 0 saturated heterocycles. The third-order valence-corrected chi connectivity index (χ3v) is 5.72. The van der Waals surface area contributed by atoms with Crippen LogP contribution in [0, 0.1) is 0 Å². The zero-order chi connectivity index (χ0) is 21.6. The average molecular weight is 426 g/mol. The molecule has 1 aromatic carbocycles. The number of guanidine groups is 1. The molecule has 2 aliphatic heterocycles. The first-order valence-corrected chi connectivity index (χ1v) is 11.0. The van der Waals surface area contributed by atoms with Gasteiger partial charge in [0.1, 0.15) is 19.0 Å². The van der Waals surface area contributed by atoms with Crippen LogP contribution in [0.5, 0.6) is 0 Å². The predicted octanol–water partition coefficient (Wildman–Crippen LogP) is 0.879. The lowest BCUT2D eigenvalue weighted by atomic mass is 10.00. The number of hydrogen-bond acceptors (Lipinski definition) is 5. The molecule has 0 spiro atoms. The van der Waals surface area contributed by atoms with E-state index in [-0.39, 0.29) is 18.5 Å².